The lowest BCUT2D eigenvalue weighted by atomic mass is 10.1. The van der Waals surface area contributed by atoms with Gasteiger partial charge in [-0.2, -0.15) is 11.8 Å². The Morgan fingerprint density at radius 2 is 2.13 bits per heavy atom. The summed E-state index contributed by atoms with van der Waals surface area (Å²) in [6.07, 6.45) is 4.30. The summed E-state index contributed by atoms with van der Waals surface area (Å²) in [6, 6.07) is 4.05. The Labute approximate surface area is 93.9 Å². The lowest BCUT2D eigenvalue weighted by molar-refractivity contribution is 0.665. The maximum Gasteiger partial charge on any atom is 0.250 e. The van der Waals surface area contributed by atoms with E-state index in [1.165, 1.54) is 24.3 Å². The van der Waals surface area contributed by atoms with Gasteiger partial charge in [-0.15, -0.1) is 0 Å². The van der Waals surface area contributed by atoms with Crippen molar-refractivity contribution in [1.82, 2.24) is 4.57 Å². The summed E-state index contributed by atoms with van der Waals surface area (Å²) < 4.78 is 1.61. The molecule has 0 radical (unpaired) electrons. The third kappa shape index (κ3) is 2.78. The molecule has 1 aliphatic heterocycles. The summed E-state index contributed by atoms with van der Waals surface area (Å²) in [7, 11) is 1.78. The van der Waals surface area contributed by atoms with Crippen LogP contribution in [-0.2, 0) is 7.05 Å². The number of thioether (sulfide) groups is 1. The van der Waals surface area contributed by atoms with Gasteiger partial charge < -0.3 is 9.88 Å². The maximum atomic E-state index is 11.2. The van der Waals surface area contributed by atoms with Crippen molar-refractivity contribution in [3.63, 3.8) is 0 Å². The summed E-state index contributed by atoms with van der Waals surface area (Å²) >= 11 is 2.02. The van der Waals surface area contributed by atoms with Crippen molar-refractivity contribution < 1.29 is 0 Å². The molecule has 1 saturated heterocycles. The fraction of sp³-hybridized carbons (Fsp3) is 0.545. The van der Waals surface area contributed by atoms with Crippen LogP contribution in [-0.4, -0.2) is 22.1 Å². The molecule has 0 unspecified atom stereocenters. The third-order valence-corrected chi connectivity index (χ3v) is 3.73. The standard InChI is InChI=1S/C11H16N2OS/c1-13-8-10(2-3-11(13)14)12-9-4-6-15-7-5-9/h2-3,8-9,12H,4-7H2,1H3. The first-order valence-corrected chi connectivity index (χ1v) is 6.42. The van der Waals surface area contributed by atoms with Crippen LogP contribution in [0.5, 0.6) is 0 Å². The molecule has 0 atom stereocenters. The van der Waals surface area contributed by atoms with Gasteiger partial charge in [0.1, 0.15) is 0 Å². The van der Waals surface area contributed by atoms with Crippen LogP contribution < -0.4 is 10.9 Å². The zero-order valence-corrected chi connectivity index (χ0v) is 9.72. The normalized spacial score (nSPS) is 17.7. The molecular formula is C11H16N2OS. The molecule has 82 valence electrons. The van der Waals surface area contributed by atoms with E-state index < -0.39 is 0 Å². The second-order valence-electron chi connectivity index (χ2n) is 3.90. The molecule has 15 heavy (non-hydrogen) atoms. The van der Waals surface area contributed by atoms with Gasteiger partial charge in [-0.1, -0.05) is 0 Å². The van der Waals surface area contributed by atoms with Gasteiger partial charge in [-0.05, 0) is 30.4 Å². The highest BCUT2D eigenvalue weighted by atomic mass is 32.2. The number of nitrogens with one attached hydrogen (secondary N) is 1. The van der Waals surface area contributed by atoms with E-state index in [-0.39, 0.29) is 5.56 Å². The summed E-state index contributed by atoms with van der Waals surface area (Å²) in [4.78, 5) is 11.2. The highest BCUT2D eigenvalue weighted by Gasteiger charge is 2.13. The average Bonchev–Trinajstić information content (AvgIpc) is 2.25. The molecule has 4 heteroatoms. The smallest absolute Gasteiger partial charge is 0.250 e. The number of hydrogen-bond donors (Lipinski definition) is 1. The fourth-order valence-electron chi connectivity index (χ4n) is 1.76. The van der Waals surface area contributed by atoms with E-state index in [9.17, 15) is 4.79 Å². The lowest BCUT2D eigenvalue weighted by Crippen LogP contribution is -2.25. The van der Waals surface area contributed by atoms with Gasteiger partial charge in [0, 0.05) is 25.4 Å². The van der Waals surface area contributed by atoms with Crippen LogP contribution in [0.2, 0.25) is 0 Å². The van der Waals surface area contributed by atoms with Crippen LogP contribution in [0.15, 0.2) is 23.1 Å². The SMILES string of the molecule is Cn1cc(NC2CCSCC2)ccc1=O. The first kappa shape index (κ1) is 10.6. The molecule has 1 aromatic heterocycles. The van der Waals surface area contributed by atoms with Crippen molar-refractivity contribution in [2.24, 2.45) is 7.05 Å². The van der Waals surface area contributed by atoms with Gasteiger partial charge in [0.2, 0.25) is 5.56 Å². The summed E-state index contributed by atoms with van der Waals surface area (Å²) in [5, 5.41) is 3.48. The predicted octanol–water partition coefficient (Wildman–Crippen LogP) is 1.69. The highest BCUT2D eigenvalue weighted by molar-refractivity contribution is 7.99. The minimum Gasteiger partial charge on any atom is -0.381 e. The molecule has 0 spiro atoms. The van der Waals surface area contributed by atoms with Crippen LogP contribution in [0.3, 0.4) is 0 Å². The molecule has 1 aromatic rings. The number of aryl methyl sites for hydroxylation is 1. The van der Waals surface area contributed by atoms with Gasteiger partial charge in [0.25, 0.3) is 0 Å². The maximum absolute atomic E-state index is 11.2. The molecule has 0 aliphatic carbocycles. The Balaban J connectivity index is 2.03. The quantitative estimate of drug-likeness (QED) is 0.830. The Kier molecular flexibility index (Phi) is 3.36. The lowest BCUT2D eigenvalue weighted by Gasteiger charge is -2.23. The third-order valence-electron chi connectivity index (χ3n) is 2.68. The number of pyridine rings is 1. The van der Waals surface area contributed by atoms with Gasteiger partial charge >= 0.3 is 0 Å². The number of nitrogens with zero attached hydrogens (tertiary/aromatic N) is 1. The second kappa shape index (κ2) is 4.75. The number of rotatable bonds is 2. The number of hydrogen-bond acceptors (Lipinski definition) is 3. The molecule has 1 aliphatic rings. The van der Waals surface area contributed by atoms with E-state index in [2.05, 4.69) is 5.32 Å². The van der Waals surface area contributed by atoms with E-state index in [1.54, 1.807) is 17.7 Å². The van der Waals surface area contributed by atoms with Crippen LogP contribution in [0.1, 0.15) is 12.8 Å². The van der Waals surface area contributed by atoms with Crippen LogP contribution in [0, 0.1) is 0 Å². The van der Waals surface area contributed by atoms with Crippen molar-refractivity contribution in [2.45, 2.75) is 18.9 Å². The highest BCUT2D eigenvalue weighted by Crippen LogP contribution is 2.20. The minimum absolute atomic E-state index is 0.0414. The molecular weight excluding hydrogens is 208 g/mol. The molecule has 0 aromatic carbocycles. The van der Waals surface area contributed by atoms with Gasteiger partial charge in [-0.3, -0.25) is 4.79 Å². The van der Waals surface area contributed by atoms with Crippen LogP contribution in [0.25, 0.3) is 0 Å². The predicted molar refractivity (Wildman–Crippen MR) is 65.7 cm³/mol. The summed E-state index contributed by atoms with van der Waals surface area (Å²) in [6.45, 7) is 0. The molecule has 2 heterocycles. The van der Waals surface area contributed by atoms with E-state index in [0.29, 0.717) is 6.04 Å². The molecule has 0 amide bonds. The van der Waals surface area contributed by atoms with E-state index in [1.807, 2.05) is 24.0 Å². The first-order chi connectivity index (χ1) is 7.25. The van der Waals surface area contributed by atoms with Crippen molar-refractivity contribution in [2.75, 3.05) is 16.8 Å². The Bertz CT molecular complexity index is 382. The zero-order chi connectivity index (χ0) is 10.7. The van der Waals surface area contributed by atoms with Crippen molar-refractivity contribution in [1.29, 1.82) is 0 Å². The van der Waals surface area contributed by atoms with E-state index in [0.717, 1.165) is 5.69 Å². The molecule has 1 N–H and O–H groups in total. The van der Waals surface area contributed by atoms with Crippen LogP contribution in [0.4, 0.5) is 5.69 Å². The van der Waals surface area contributed by atoms with E-state index in [4.69, 9.17) is 0 Å². The molecule has 1 fully saturated rings. The minimum atomic E-state index is 0.0414. The average molecular weight is 224 g/mol. The Morgan fingerprint density at radius 1 is 1.40 bits per heavy atom. The van der Waals surface area contributed by atoms with Gasteiger partial charge in [-0.25, -0.2) is 0 Å². The van der Waals surface area contributed by atoms with Crippen molar-refractivity contribution in [3.05, 3.63) is 28.7 Å². The largest absolute Gasteiger partial charge is 0.381 e. The second-order valence-corrected chi connectivity index (χ2v) is 5.12. The summed E-state index contributed by atoms with van der Waals surface area (Å²) in [5.41, 5.74) is 1.09. The monoisotopic (exact) mass is 224 g/mol. The van der Waals surface area contributed by atoms with Crippen molar-refractivity contribution in [3.8, 4) is 0 Å². The Hall–Kier alpha value is -0.900. The molecule has 3 nitrogen and oxygen atoms in total. The van der Waals surface area contributed by atoms with Crippen LogP contribution >= 0.6 is 11.8 Å². The van der Waals surface area contributed by atoms with Crippen molar-refractivity contribution >= 4 is 17.4 Å². The topological polar surface area (TPSA) is 34.0 Å². The molecule has 0 saturated carbocycles. The Morgan fingerprint density at radius 3 is 2.80 bits per heavy atom. The fourth-order valence-corrected chi connectivity index (χ4v) is 2.86. The number of aromatic nitrogens is 1. The zero-order valence-electron chi connectivity index (χ0n) is 8.90. The number of anilines is 1. The van der Waals surface area contributed by atoms with Gasteiger partial charge in [0.05, 0.1) is 5.69 Å². The molecule has 2 rings (SSSR count). The summed E-state index contributed by atoms with van der Waals surface area (Å²) in [5.74, 6) is 2.48. The van der Waals surface area contributed by atoms with E-state index >= 15 is 0 Å². The first-order valence-electron chi connectivity index (χ1n) is 5.27. The molecule has 0 bridgehead atoms. The van der Waals surface area contributed by atoms with Gasteiger partial charge in [0.15, 0.2) is 0 Å².